The number of ether oxygens (including phenoxy) is 2. The van der Waals surface area contributed by atoms with Crippen molar-refractivity contribution in [1.29, 1.82) is 0 Å². The molecule has 2 aromatic carbocycles. The largest absolute Gasteiger partial charge is 0.494 e. The Bertz CT molecular complexity index is 827. The summed E-state index contributed by atoms with van der Waals surface area (Å²) in [4.78, 5) is 12.2. The van der Waals surface area contributed by atoms with Gasteiger partial charge >= 0.3 is 0 Å². The van der Waals surface area contributed by atoms with E-state index < -0.39 is 6.10 Å². The third-order valence-electron chi connectivity index (χ3n) is 4.63. The number of benzene rings is 2. The first kappa shape index (κ1) is 23.7. The summed E-state index contributed by atoms with van der Waals surface area (Å²) >= 11 is 6.17. The Kier molecular flexibility index (Phi) is 9.68. The molecule has 6 heteroatoms. The number of unbranched alkanes of at least 4 members (excludes halogenated alkanes) is 3. The molecular formula is C24H31ClN2O3. The lowest BCUT2D eigenvalue weighted by Gasteiger charge is -2.14. The molecule has 0 heterocycles. The second-order valence-corrected chi connectivity index (χ2v) is 7.72. The number of hydrazone groups is 1. The van der Waals surface area contributed by atoms with Gasteiger partial charge < -0.3 is 9.47 Å². The van der Waals surface area contributed by atoms with Crippen molar-refractivity contribution in [2.24, 2.45) is 5.10 Å². The number of hydrogen-bond acceptors (Lipinski definition) is 4. The van der Waals surface area contributed by atoms with Crippen molar-refractivity contribution in [1.82, 2.24) is 5.43 Å². The van der Waals surface area contributed by atoms with Gasteiger partial charge in [0, 0.05) is 5.02 Å². The van der Waals surface area contributed by atoms with E-state index in [1.165, 1.54) is 19.3 Å². The molecular weight excluding hydrogens is 400 g/mol. The summed E-state index contributed by atoms with van der Waals surface area (Å²) in [6.45, 7) is 8.41. The molecule has 2 aromatic rings. The number of nitrogens with one attached hydrogen (secondary N) is 1. The second kappa shape index (κ2) is 12.2. The molecule has 162 valence electrons. The zero-order valence-corrected chi connectivity index (χ0v) is 19.0. The minimum atomic E-state index is -0.689. The highest BCUT2D eigenvalue weighted by molar-refractivity contribution is 6.32. The van der Waals surface area contributed by atoms with Crippen molar-refractivity contribution in [3.63, 3.8) is 0 Å². The fourth-order valence-corrected chi connectivity index (χ4v) is 2.97. The van der Waals surface area contributed by atoms with Crippen LogP contribution in [0.2, 0.25) is 5.02 Å². The molecule has 1 N–H and O–H groups in total. The van der Waals surface area contributed by atoms with Crippen LogP contribution in [0, 0.1) is 13.8 Å². The highest BCUT2D eigenvalue weighted by Crippen LogP contribution is 2.26. The van der Waals surface area contributed by atoms with Crippen molar-refractivity contribution in [3.8, 4) is 11.5 Å². The topological polar surface area (TPSA) is 59.9 Å². The number of carbonyl (C=O) groups excluding carboxylic acids is 1. The van der Waals surface area contributed by atoms with Crippen LogP contribution in [0.15, 0.2) is 41.5 Å². The van der Waals surface area contributed by atoms with E-state index in [9.17, 15) is 4.79 Å². The van der Waals surface area contributed by atoms with Gasteiger partial charge in [-0.05, 0) is 80.3 Å². The first-order valence-corrected chi connectivity index (χ1v) is 10.8. The molecule has 0 aliphatic carbocycles. The minimum Gasteiger partial charge on any atom is -0.494 e. The summed E-state index contributed by atoms with van der Waals surface area (Å²) in [5.41, 5.74) is 5.19. The van der Waals surface area contributed by atoms with Gasteiger partial charge in [0.2, 0.25) is 0 Å². The Morgan fingerprint density at radius 3 is 2.40 bits per heavy atom. The smallest absolute Gasteiger partial charge is 0.280 e. The molecule has 0 radical (unpaired) electrons. The van der Waals surface area contributed by atoms with Crippen LogP contribution in [0.3, 0.4) is 0 Å². The fourth-order valence-electron chi connectivity index (χ4n) is 2.86. The molecule has 30 heavy (non-hydrogen) atoms. The Balaban J connectivity index is 1.79. The molecule has 1 atom stereocenters. The summed E-state index contributed by atoms with van der Waals surface area (Å²) in [6.07, 6.45) is 5.62. The molecule has 0 spiro atoms. The highest BCUT2D eigenvalue weighted by atomic mass is 35.5. The van der Waals surface area contributed by atoms with E-state index in [0.717, 1.165) is 35.5 Å². The van der Waals surface area contributed by atoms with Crippen LogP contribution in [0.25, 0.3) is 0 Å². The molecule has 0 saturated carbocycles. The molecule has 1 unspecified atom stereocenters. The molecule has 2 rings (SSSR count). The average molecular weight is 431 g/mol. The first-order valence-electron chi connectivity index (χ1n) is 10.4. The predicted molar refractivity (Wildman–Crippen MR) is 123 cm³/mol. The third-order valence-corrected chi connectivity index (χ3v) is 5.22. The van der Waals surface area contributed by atoms with Crippen molar-refractivity contribution < 1.29 is 14.3 Å². The Hall–Kier alpha value is -2.53. The SMILES string of the molecule is CCCCCCOc1ccc(/C=N/NC(=O)C(C)Oc2cc(C)c(Cl)c(C)c2)cc1. The van der Waals surface area contributed by atoms with E-state index in [-0.39, 0.29) is 5.91 Å². The molecule has 1 amide bonds. The Morgan fingerprint density at radius 1 is 1.10 bits per heavy atom. The van der Waals surface area contributed by atoms with E-state index in [1.54, 1.807) is 13.1 Å². The lowest BCUT2D eigenvalue weighted by atomic mass is 10.1. The molecule has 0 bridgehead atoms. The van der Waals surface area contributed by atoms with Gasteiger partial charge in [0.25, 0.3) is 5.91 Å². The number of carbonyl (C=O) groups is 1. The van der Waals surface area contributed by atoms with Crippen LogP contribution in [0.1, 0.15) is 56.2 Å². The highest BCUT2D eigenvalue weighted by Gasteiger charge is 2.15. The maximum absolute atomic E-state index is 12.2. The second-order valence-electron chi connectivity index (χ2n) is 7.34. The summed E-state index contributed by atoms with van der Waals surface area (Å²) in [6, 6.07) is 11.2. The number of hydrogen-bond donors (Lipinski definition) is 1. The molecule has 0 fully saturated rings. The standard InChI is InChI=1S/C24H31ClN2O3/c1-5-6-7-8-13-29-21-11-9-20(10-12-21)16-26-27-24(28)19(4)30-22-14-17(2)23(25)18(3)15-22/h9-12,14-16,19H,5-8,13H2,1-4H3,(H,27,28)/b26-16+. The van der Waals surface area contributed by atoms with Gasteiger partial charge in [-0.1, -0.05) is 37.8 Å². The summed E-state index contributed by atoms with van der Waals surface area (Å²) < 4.78 is 11.4. The van der Waals surface area contributed by atoms with Crippen LogP contribution in [-0.4, -0.2) is 24.8 Å². The quantitative estimate of drug-likeness (QED) is 0.277. The molecule has 0 saturated heterocycles. The van der Waals surface area contributed by atoms with Crippen molar-refractivity contribution in [2.45, 2.75) is 59.5 Å². The van der Waals surface area contributed by atoms with E-state index >= 15 is 0 Å². The van der Waals surface area contributed by atoms with Gasteiger partial charge in [-0.15, -0.1) is 0 Å². The van der Waals surface area contributed by atoms with E-state index in [0.29, 0.717) is 10.8 Å². The zero-order chi connectivity index (χ0) is 21.9. The van der Waals surface area contributed by atoms with Gasteiger partial charge in [0.15, 0.2) is 6.10 Å². The van der Waals surface area contributed by atoms with E-state index in [2.05, 4.69) is 17.5 Å². The minimum absolute atomic E-state index is 0.330. The van der Waals surface area contributed by atoms with E-state index in [1.807, 2.05) is 50.2 Å². The van der Waals surface area contributed by atoms with Crippen molar-refractivity contribution in [3.05, 3.63) is 58.1 Å². The summed E-state index contributed by atoms with van der Waals surface area (Å²) in [5.74, 6) is 1.11. The number of aryl methyl sites for hydroxylation is 2. The fraction of sp³-hybridized carbons (Fsp3) is 0.417. The van der Waals surface area contributed by atoms with Gasteiger partial charge in [-0.2, -0.15) is 5.10 Å². The van der Waals surface area contributed by atoms with Crippen molar-refractivity contribution >= 4 is 23.7 Å². The maximum Gasteiger partial charge on any atom is 0.280 e. The lowest BCUT2D eigenvalue weighted by Crippen LogP contribution is -2.33. The van der Waals surface area contributed by atoms with Crippen LogP contribution in [-0.2, 0) is 4.79 Å². The monoisotopic (exact) mass is 430 g/mol. The number of amides is 1. The number of rotatable bonds is 11. The van der Waals surface area contributed by atoms with Crippen LogP contribution in [0.4, 0.5) is 0 Å². The zero-order valence-electron chi connectivity index (χ0n) is 18.2. The predicted octanol–water partition coefficient (Wildman–Crippen LogP) is 5.83. The Morgan fingerprint density at radius 2 is 1.77 bits per heavy atom. The summed E-state index contributed by atoms with van der Waals surface area (Å²) in [5, 5.41) is 4.72. The van der Waals surface area contributed by atoms with Gasteiger partial charge in [-0.25, -0.2) is 5.43 Å². The molecule has 0 aromatic heterocycles. The van der Waals surface area contributed by atoms with E-state index in [4.69, 9.17) is 21.1 Å². The molecule has 0 aliphatic rings. The van der Waals surface area contributed by atoms with Crippen molar-refractivity contribution in [2.75, 3.05) is 6.61 Å². The first-order chi connectivity index (χ1) is 14.4. The molecule has 0 aliphatic heterocycles. The number of halogens is 1. The van der Waals surface area contributed by atoms with Gasteiger partial charge in [-0.3, -0.25) is 4.79 Å². The van der Waals surface area contributed by atoms with Crippen LogP contribution < -0.4 is 14.9 Å². The summed E-state index contributed by atoms with van der Waals surface area (Å²) in [7, 11) is 0. The van der Waals surface area contributed by atoms with Gasteiger partial charge in [0.1, 0.15) is 11.5 Å². The third kappa shape index (κ3) is 7.71. The van der Waals surface area contributed by atoms with Gasteiger partial charge in [0.05, 0.1) is 12.8 Å². The normalized spacial score (nSPS) is 12.0. The number of nitrogens with zero attached hydrogens (tertiary/aromatic N) is 1. The lowest BCUT2D eigenvalue weighted by molar-refractivity contribution is -0.127. The Labute approximate surface area is 184 Å². The maximum atomic E-state index is 12.2. The average Bonchev–Trinajstić information content (AvgIpc) is 2.72. The van der Waals surface area contributed by atoms with Crippen LogP contribution >= 0.6 is 11.6 Å². The van der Waals surface area contributed by atoms with Crippen LogP contribution in [0.5, 0.6) is 11.5 Å². The molecule has 5 nitrogen and oxygen atoms in total.